The third-order valence-electron chi connectivity index (χ3n) is 3.11. The molecule has 0 saturated carbocycles. The molecule has 106 valence electrons. The van der Waals surface area contributed by atoms with Crippen molar-refractivity contribution in [3.8, 4) is 22.8 Å². The Kier molecular flexibility index (Phi) is 3.58. The van der Waals surface area contributed by atoms with E-state index in [1.165, 1.54) is 0 Å². The highest BCUT2D eigenvalue weighted by molar-refractivity contribution is 6.28. The summed E-state index contributed by atoms with van der Waals surface area (Å²) in [5.41, 5.74) is 1.98. The molecule has 0 fully saturated rings. The van der Waals surface area contributed by atoms with Gasteiger partial charge >= 0.3 is 0 Å². The number of hydrogen-bond donors (Lipinski definition) is 0. The number of aromatic nitrogens is 3. The van der Waals surface area contributed by atoms with Gasteiger partial charge in [0, 0.05) is 17.1 Å². The molecule has 0 bridgehead atoms. The molecule has 5 nitrogen and oxygen atoms in total. The number of hydrogen-bond acceptors (Lipinski definition) is 5. The van der Waals surface area contributed by atoms with Crippen LogP contribution in [0.15, 0.2) is 36.5 Å². The molecule has 1 aromatic carbocycles. The molecule has 0 aliphatic rings. The molecule has 3 rings (SSSR count). The zero-order valence-corrected chi connectivity index (χ0v) is 12.3. The lowest BCUT2D eigenvalue weighted by Gasteiger charge is -2.11. The van der Waals surface area contributed by atoms with Gasteiger partial charge in [-0.05, 0) is 41.9 Å². The van der Waals surface area contributed by atoms with E-state index in [1.807, 2.05) is 30.3 Å². The van der Waals surface area contributed by atoms with E-state index >= 15 is 0 Å². The normalized spacial score (nSPS) is 10.6. The van der Waals surface area contributed by atoms with Gasteiger partial charge in [0.1, 0.15) is 11.5 Å². The molecule has 21 heavy (non-hydrogen) atoms. The number of benzene rings is 1. The Balaban J connectivity index is 2.34. The Morgan fingerprint density at radius 1 is 1.05 bits per heavy atom. The average Bonchev–Trinajstić information content (AvgIpc) is 2.53. The van der Waals surface area contributed by atoms with Crippen LogP contribution in [-0.2, 0) is 0 Å². The molecule has 2 heterocycles. The third-order valence-corrected chi connectivity index (χ3v) is 3.27. The summed E-state index contributed by atoms with van der Waals surface area (Å²) in [5, 5.41) is 0.939. The van der Waals surface area contributed by atoms with Crippen molar-refractivity contribution >= 4 is 22.6 Å². The van der Waals surface area contributed by atoms with E-state index in [4.69, 9.17) is 21.1 Å². The second-order valence-electron chi connectivity index (χ2n) is 4.28. The quantitative estimate of drug-likeness (QED) is 0.694. The molecule has 0 spiro atoms. The Bertz CT molecular complexity index is 808. The zero-order chi connectivity index (χ0) is 14.8. The summed E-state index contributed by atoms with van der Waals surface area (Å²) in [7, 11) is 3.22. The summed E-state index contributed by atoms with van der Waals surface area (Å²) < 4.78 is 10.7. The standard InChI is InChI=1S/C15H12ClN3O2/c1-20-9-5-6-12(21-2)11(8-9)13-10-4-3-7-17-14(10)19-15(16)18-13/h3-8H,1-2H3. The summed E-state index contributed by atoms with van der Waals surface area (Å²) in [4.78, 5) is 12.7. The first-order valence-corrected chi connectivity index (χ1v) is 6.61. The third kappa shape index (κ3) is 2.48. The van der Waals surface area contributed by atoms with Crippen LogP contribution >= 0.6 is 11.6 Å². The molecule has 0 atom stereocenters. The number of fused-ring (bicyclic) bond motifs is 1. The fourth-order valence-electron chi connectivity index (χ4n) is 2.14. The summed E-state index contributed by atoms with van der Waals surface area (Å²) >= 11 is 6.01. The average molecular weight is 302 g/mol. The van der Waals surface area contributed by atoms with Gasteiger partial charge in [-0.3, -0.25) is 0 Å². The van der Waals surface area contributed by atoms with Crippen molar-refractivity contribution in [2.75, 3.05) is 14.2 Å². The van der Waals surface area contributed by atoms with E-state index in [9.17, 15) is 0 Å². The van der Waals surface area contributed by atoms with Gasteiger partial charge < -0.3 is 9.47 Å². The lowest BCUT2D eigenvalue weighted by Crippen LogP contribution is -1.96. The fourth-order valence-corrected chi connectivity index (χ4v) is 2.30. The first kappa shape index (κ1) is 13.6. The summed E-state index contributed by atoms with van der Waals surface area (Å²) in [5.74, 6) is 1.38. The number of ether oxygens (including phenoxy) is 2. The highest BCUT2D eigenvalue weighted by Crippen LogP contribution is 2.35. The second-order valence-corrected chi connectivity index (χ2v) is 4.62. The molecule has 0 aliphatic carbocycles. The molecule has 0 amide bonds. The SMILES string of the molecule is COc1ccc(OC)c(-c2nc(Cl)nc3ncccc23)c1. The maximum absolute atomic E-state index is 6.01. The van der Waals surface area contributed by atoms with Crippen molar-refractivity contribution in [2.45, 2.75) is 0 Å². The number of halogens is 1. The molecule has 3 aromatic rings. The highest BCUT2D eigenvalue weighted by atomic mass is 35.5. The molecule has 2 aromatic heterocycles. The zero-order valence-electron chi connectivity index (χ0n) is 11.5. The minimum absolute atomic E-state index is 0.140. The van der Waals surface area contributed by atoms with Gasteiger partial charge in [-0.15, -0.1) is 0 Å². The smallest absolute Gasteiger partial charge is 0.225 e. The predicted octanol–water partition coefficient (Wildman–Crippen LogP) is 3.36. The number of methoxy groups -OCH3 is 2. The van der Waals surface area contributed by atoms with Crippen molar-refractivity contribution in [1.29, 1.82) is 0 Å². The fraction of sp³-hybridized carbons (Fsp3) is 0.133. The van der Waals surface area contributed by atoms with Crippen molar-refractivity contribution < 1.29 is 9.47 Å². The number of rotatable bonds is 3. The Labute approximate surface area is 126 Å². The van der Waals surface area contributed by atoms with Crippen LogP contribution in [0.2, 0.25) is 5.28 Å². The van der Waals surface area contributed by atoms with Gasteiger partial charge in [0.15, 0.2) is 5.65 Å². The second kappa shape index (κ2) is 5.54. The first-order chi connectivity index (χ1) is 10.2. The lowest BCUT2D eigenvalue weighted by atomic mass is 10.1. The van der Waals surface area contributed by atoms with Crippen LogP contribution in [0, 0.1) is 0 Å². The predicted molar refractivity (Wildman–Crippen MR) is 80.9 cm³/mol. The van der Waals surface area contributed by atoms with Crippen LogP contribution in [0.1, 0.15) is 0 Å². The minimum atomic E-state index is 0.140. The molecule has 0 radical (unpaired) electrons. The summed E-state index contributed by atoms with van der Waals surface area (Å²) in [6, 6.07) is 9.23. The van der Waals surface area contributed by atoms with Crippen molar-refractivity contribution in [2.24, 2.45) is 0 Å². The maximum atomic E-state index is 6.01. The molecular weight excluding hydrogens is 290 g/mol. The Morgan fingerprint density at radius 2 is 1.90 bits per heavy atom. The number of nitrogens with zero attached hydrogens (tertiary/aromatic N) is 3. The monoisotopic (exact) mass is 301 g/mol. The van der Waals surface area contributed by atoms with Crippen LogP contribution in [0.25, 0.3) is 22.3 Å². The molecule has 0 saturated heterocycles. The van der Waals surface area contributed by atoms with Crippen LogP contribution < -0.4 is 9.47 Å². The summed E-state index contributed by atoms with van der Waals surface area (Å²) in [6.45, 7) is 0. The van der Waals surface area contributed by atoms with E-state index in [-0.39, 0.29) is 5.28 Å². The first-order valence-electron chi connectivity index (χ1n) is 6.23. The van der Waals surface area contributed by atoms with Crippen LogP contribution in [0.5, 0.6) is 11.5 Å². The topological polar surface area (TPSA) is 57.1 Å². The Hall–Kier alpha value is -2.40. The molecular formula is C15H12ClN3O2. The van der Waals surface area contributed by atoms with Gasteiger partial charge in [0.2, 0.25) is 5.28 Å². The Morgan fingerprint density at radius 3 is 2.67 bits per heavy atom. The van der Waals surface area contributed by atoms with E-state index in [1.54, 1.807) is 20.4 Å². The van der Waals surface area contributed by atoms with Crippen molar-refractivity contribution in [3.63, 3.8) is 0 Å². The van der Waals surface area contributed by atoms with Crippen LogP contribution in [-0.4, -0.2) is 29.2 Å². The highest BCUT2D eigenvalue weighted by Gasteiger charge is 2.14. The van der Waals surface area contributed by atoms with Gasteiger partial charge in [-0.2, -0.15) is 4.98 Å². The molecule has 0 unspecified atom stereocenters. The largest absolute Gasteiger partial charge is 0.497 e. The van der Waals surface area contributed by atoms with Crippen LogP contribution in [0.4, 0.5) is 0 Å². The van der Waals surface area contributed by atoms with E-state index in [0.717, 1.165) is 10.9 Å². The van der Waals surface area contributed by atoms with Gasteiger partial charge in [0.05, 0.1) is 19.9 Å². The molecule has 0 aliphatic heterocycles. The number of pyridine rings is 1. The molecule has 6 heteroatoms. The van der Waals surface area contributed by atoms with Gasteiger partial charge in [0.25, 0.3) is 0 Å². The molecule has 0 N–H and O–H groups in total. The van der Waals surface area contributed by atoms with E-state index < -0.39 is 0 Å². The van der Waals surface area contributed by atoms with E-state index in [0.29, 0.717) is 22.8 Å². The van der Waals surface area contributed by atoms with Crippen molar-refractivity contribution in [1.82, 2.24) is 15.0 Å². The van der Waals surface area contributed by atoms with E-state index in [2.05, 4.69) is 15.0 Å². The maximum Gasteiger partial charge on any atom is 0.225 e. The summed E-state index contributed by atoms with van der Waals surface area (Å²) in [6.07, 6.45) is 1.66. The van der Waals surface area contributed by atoms with Gasteiger partial charge in [-0.1, -0.05) is 0 Å². The van der Waals surface area contributed by atoms with Crippen molar-refractivity contribution in [3.05, 3.63) is 41.8 Å². The lowest BCUT2D eigenvalue weighted by molar-refractivity contribution is 0.404. The van der Waals surface area contributed by atoms with Crippen LogP contribution in [0.3, 0.4) is 0 Å². The minimum Gasteiger partial charge on any atom is -0.497 e. The van der Waals surface area contributed by atoms with Gasteiger partial charge in [-0.25, -0.2) is 9.97 Å².